The van der Waals surface area contributed by atoms with Crippen molar-refractivity contribution in [3.8, 4) is 0 Å². The van der Waals surface area contributed by atoms with Gasteiger partial charge in [0.1, 0.15) is 0 Å². The van der Waals surface area contributed by atoms with Gasteiger partial charge >= 0.3 is 5.97 Å². The fourth-order valence-corrected chi connectivity index (χ4v) is 2.50. The molecule has 1 amide bonds. The molecule has 0 aliphatic carbocycles. The molecule has 0 fully saturated rings. The predicted molar refractivity (Wildman–Crippen MR) is 100 cm³/mol. The molecule has 2 aromatic carbocycles. The second kappa shape index (κ2) is 9.84. The molecular weight excluding hydrogens is 338 g/mol. The summed E-state index contributed by atoms with van der Waals surface area (Å²) in [4.78, 5) is 24.0. The molecule has 2 rings (SSSR count). The number of anilines is 1. The van der Waals surface area contributed by atoms with Gasteiger partial charge < -0.3 is 10.1 Å². The molecule has 0 atom stereocenters. The molecule has 0 unspecified atom stereocenters. The predicted octanol–water partition coefficient (Wildman–Crippen LogP) is 4.87. The molecule has 5 heteroatoms. The topological polar surface area (TPSA) is 55.4 Å². The second-order valence-electron chi connectivity index (χ2n) is 5.72. The van der Waals surface area contributed by atoms with Crippen LogP contribution in [-0.2, 0) is 16.0 Å². The van der Waals surface area contributed by atoms with E-state index >= 15 is 0 Å². The van der Waals surface area contributed by atoms with E-state index in [1.54, 1.807) is 18.2 Å². The highest BCUT2D eigenvalue weighted by atomic mass is 35.5. The van der Waals surface area contributed by atoms with Gasteiger partial charge in [-0.15, -0.1) is 0 Å². The fraction of sp³-hybridized carbons (Fsp3) is 0.300. The summed E-state index contributed by atoms with van der Waals surface area (Å²) >= 11 is 6.11. The number of rotatable bonds is 8. The second-order valence-corrected chi connectivity index (χ2v) is 6.13. The highest BCUT2D eigenvalue weighted by molar-refractivity contribution is 6.33. The van der Waals surface area contributed by atoms with Crippen molar-refractivity contribution in [2.45, 2.75) is 32.6 Å². The summed E-state index contributed by atoms with van der Waals surface area (Å²) in [5, 5.41) is 3.16. The highest BCUT2D eigenvalue weighted by Gasteiger charge is 2.12. The minimum atomic E-state index is -0.418. The maximum absolute atomic E-state index is 12.1. The van der Waals surface area contributed by atoms with Crippen LogP contribution in [0.3, 0.4) is 0 Å². The number of ether oxygens (including phenoxy) is 1. The van der Waals surface area contributed by atoms with Crippen LogP contribution >= 0.6 is 11.6 Å². The number of benzene rings is 2. The Balaban J connectivity index is 1.89. The number of carbonyl (C=O) groups excluding carboxylic acids is 2. The average molecular weight is 360 g/mol. The monoisotopic (exact) mass is 359 g/mol. The lowest BCUT2D eigenvalue weighted by atomic mass is 10.1. The average Bonchev–Trinajstić information content (AvgIpc) is 2.62. The summed E-state index contributed by atoms with van der Waals surface area (Å²) in [5.41, 5.74) is 2.00. The maximum atomic E-state index is 12.1. The number of aryl methyl sites for hydroxylation is 1. The van der Waals surface area contributed by atoms with E-state index < -0.39 is 5.97 Å². The fourth-order valence-electron chi connectivity index (χ4n) is 2.34. The molecule has 0 aromatic heterocycles. The van der Waals surface area contributed by atoms with Crippen molar-refractivity contribution >= 4 is 29.2 Å². The summed E-state index contributed by atoms with van der Waals surface area (Å²) < 4.78 is 5.10. The van der Waals surface area contributed by atoms with Crippen LogP contribution in [0.15, 0.2) is 48.5 Å². The van der Waals surface area contributed by atoms with E-state index in [1.807, 2.05) is 37.3 Å². The van der Waals surface area contributed by atoms with Crippen LogP contribution in [0.1, 0.15) is 42.1 Å². The molecular formula is C20H22ClNO3. The first kappa shape index (κ1) is 19.0. The van der Waals surface area contributed by atoms with E-state index in [1.165, 1.54) is 5.56 Å². The Hall–Kier alpha value is -2.33. The minimum Gasteiger partial charge on any atom is -0.462 e. The van der Waals surface area contributed by atoms with Gasteiger partial charge in [-0.25, -0.2) is 4.79 Å². The Labute approximate surface area is 153 Å². The minimum absolute atomic E-state index is 0.128. The number of esters is 1. The van der Waals surface area contributed by atoms with E-state index in [2.05, 4.69) is 5.32 Å². The zero-order chi connectivity index (χ0) is 18.1. The molecule has 0 bridgehead atoms. The van der Waals surface area contributed by atoms with Gasteiger partial charge in [-0.3, -0.25) is 4.79 Å². The van der Waals surface area contributed by atoms with Gasteiger partial charge in [-0.1, -0.05) is 48.9 Å². The molecule has 0 aliphatic heterocycles. The Kier molecular flexibility index (Phi) is 7.48. The third-order valence-electron chi connectivity index (χ3n) is 3.63. The van der Waals surface area contributed by atoms with Crippen LogP contribution in [0.5, 0.6) is 0 Å². The van der Waals surface area contributed by atoms with Crippen molar-refractivity contribution in [2.24, 2.45) is 0 Å². The van der Waals surface area contributed by atoms with Gasteiger partial charge in [0, 0.05) is 6.42 Å². The van der Waals surface area contributed by atoms with E-state index in [9.17, 15) is 9.59 Å². The summed E-state index contributed by atoms with van der Waals surface area (Å²) in [7, 11) is 0. The number of hydrogen-bond donors (Lipinski definition) is 1. The molecule has 0 aliphatic rings. The van der Waals surface area contributed by atoms with Crippen LogP contribution < -0.4 is 5.32 Å². The first-order chi connectivity index (χ1) is 12.1. The Morgan fingerprint density at radius 1 is 1.12 bits per heavy atom. The summed E-state index contributed by atoms with van der Waals surface area (Å²) in [6.45, 7) is 2.29. The molecule has 0 saturated carbocycles. The zero-order valence-electron chi connectivity index (χ0n) is 14.3. The van der Waals surface area contributed by atoms with Crippen molar-refractivity contribution in [1.82, 2.24) is 0 Å². The Bertz CT molecular complexity index is 716. The lowest BCUT2D eigenvalue weighted by molar-refractivity contribution is -0.116. The standard InChI is InChI=1S/C20H22ClNO3/c1-2-13-25-20(24)16-11-12-17(21)18(14-16)22-19(23)10-6-9-15-7-4-3-5-8-15/h3-5,7-8,11-12,14H,2,6,9-10,13H2,1H3,(H,22,23). The van der Waals surface area contributed by atoms with Gasteiger partial charge in [-0.2, -0.15) is 0 Å². The van der Waals surface area contributed by atoms with Crippen molar-refractivity contribution in [1.29, 1.82) is 0 Å². The van der Waals surface area contributed by atoms with Gasteiger partial charge in [0.25, 0.3) is 0 Å². The summed E-state index contributed by atoms with van der Waals surface area (Å²) in [5.74, 6) is -0.546. The summed E-state index contributed by atoms with van der Waals surface area (Å²) in [6.07, 6.45) is 2.72. The van der Waals surface area contributed by atoms with Crippen LogP contribution in [0, 0.1) is 0 Å². The van der Waals surface area contributed by atoms with Crippen molar-refractivity contribution in [3.63, 3.8) is 0 Å². The van der Waals surface area contributed by atoms with Crippen LogP contribution in [0.2, 0.25) is 5.02 Å². The molecule has 0 radical (unpaired) electrons. The first-order valence-electron chi connectivity index (χ1n) is 8.40. The van der Waals surface area contributed by atoms with Gasteiger partial charge in [0.05, 0.1) is 22.9 Å². The molecule has 4 nitrogen and oxygen atoms in total. The summed E-state index contributed by atoms with van der Waals surface area (Å²) in [6, 6.07) is 14.7. The lowest BCUT2D eigenvalue weighted by Gasteiger charge is -2.10. The van der Waals surface area contributed by atoms with Crippen LogP contribution in [0.25, 0.3) is 0 Å². The molecule has 25 heavy (non-hydrogen) atoms. The zero-order valence-corrected chi connectivity index (χ0v) is 15.0. The van der Waals surface area contributed by atoms with E-state index in [0.717, 1.165) is 19.3 Å². The SMILES string of the molecule is CCCOC(=O)c1ccc(Cl)c(NC(=O)CCCc2ccccc2)c1. The first-order valence-corrected chi connectivity index (χ1v) is 8.78. The number of halogens is 1. The molecule has 2 aromatic rings. The van der Waals surface area contributed by atoms with Crippen molar-refractivity contribution in [2.75, 3.05) is 11.9 Å². The van der Waals surface area contributed by atoms with Gasteiger partial charge in [0.15, 0.2) is 0 Å². The quantitative estimate of drug-likeness (QED) is 0.684. The molecule has 0 heterocycles. The van der Waals surface area contributed by atoms with Gasteiger partial charge in [-0.05, 0) is 43.0 Å². The van der Waals surface area contributed by atoms with E-state index in [0.29, 0.717) is 29.3 Å². The van der Waals surface area contributed by atoms with Crippen molar-refractivity contribution in [3.05, 3.63) is 64.7 Å². The molecule has 132 valence electrons. The normalized spacial score (nSPS) is 10.3. The largest absolute Gasteiger partial charge is 0.462 e. The van der Waals surface area contributed by atoms with E-state index in [-0.39, 0.29) is 5.91 Å². The Morgan fingerprint density at radius 3 is 2.60 bits per heavy atom. The number of nitrogens with one attached hydrogen (secondary N) is 1. The highest BCUT2D eigenvalue weighted by Crippen LogP contribution is 2.24. The molecule has 0 spiro atoms. The third kappa shape index (κ3) is 6.24. The van der Waals surface area contributed by atoms with E-state index in [4.69, 9.17) is 16.3 Å². The number of hydrogen-bond acceptors (Lipinski definition) is 3. The lowest BCUT2D eigenvalue weighted by Crippen LogP contribution is -2.13. The third-order valence-corrected chi connectivity index (χ3v) is 3.96. The molecule has 0 saturated heterocycles. The Morgan fingerprint density at radius 2 is 1.88 bits per heavy atom. The van der Waals surface area contributed by atoms with Crippen LogP contribution in [-0.4, -0.2) is 18.5 Å². The van der Waals surface area contributed by atoms with Gasteiger partial charge in [0.2, 0.25) is 5.91 Å². The number of carbonyl (C=O) groups is 2. The smallest absolute Gasteiger partial charge is 0.338 e. The maximum Gasteiger partial charge on any atom is 0.338 e. The van der Waals surface area contributed by atoms with Crippen molar-refractivity contribution < 1.29 is 14.3 Å². The molecule has 1 N–H and O–H groups in total. The number of amides is 1. The van der Waals surface area contributed by atoms with Crippen LogP contribution in [0.4, 0.5) is 5.69 Å².